The van der Waals surface area contributed by atoms with E-state index < -0.39 is 13.6 Å². The molecule has 2 fully saturated rings. The molecule has 1 saturated heterocycles. The van der Waals surface area contributed by atoms with Crippen LogP contribution in [0.1, 0.15) is 54.1 Å². The molecule has 0 spiro atoms. The fourth-order valence-corrected chi connectivity index (χ4v) is 6.67. The summed E-state index contributed by atoms with van der Waals surface area (Å²) in [5.41, 5.74) is 2.87. The predicted molar refractivity (Wildman–Crippen MR) is 143 cm³/mol. The number of nitrogens with zero attached hydrogens (tertiary/aromatic N) is 2. The highest BCUT2D eigenvalue weighted by molar-refractivity contribution is 7.60. The molecule has 1 saturated carbocycles. The second kappa shape index (κ2) is 10.1. The Balaban J connectivity index is 1.42. The summed E-state index contributed by atoms with van der Waals surface area (Å²) in [6.45, 7) is 3.65. The van der Waals surface area contributed by atoms with Crippen LogP contribution in [0.5, 0.6) is 0 Å². The van der Waals surface area contributed by atoms with Crippen LogP contribution in [0.3, 0.4) is 0 Å². The molecular formula is C28H32N3O6P. The van der Waals surface area contributed by atoms with Gasteiger partial charge in [0.1, 0.15) is 12.6 Å². The van der Waals surface area contributed by atoms with Crippen molar-refractivity contribution in [2.45, 2.75) is 64.7 Å². The largest absolute Gasteiger partial charge is 0.356 e. The highest BCUT2D eigenvalue weighted by atomic mass is 31.2. The van der Waals surface area contributed by atoms with Gasteiger partial charge in [0.15, 0.2) is 5.78 Å². The van der Waals surface area contributed by atoms with E-state index >= 15 is 0 Å². The molecule has 3 aromatic rings. The molecule has 2 heterocycles. The van der Waals surface area contributed by atoms with Gasteiger partial charge in [-0.3, -0.25) is 18.9 Å². The summed E-state index contributed by atoms with van der Waals surface area (Å²) in [7, 11) is -4.53. The molecule has 3 N–H and O–H groups in total. The fourth-order valence-electron chi connectivity index (χ4n) is 6.11. The highest BCUT2D eigenvalue weighted by Gasteiger charge is 2.48. The van der Waals surface area contributed by atoms with Crippen molar-refractivity contribution < 1.29 is 28.7 Å². The van der Waals surface area contributed by atoms with Gasteiger partial charge < -0.3 is 24.6 Å². The van der Waals surface area contributed by atoms with E-state index in [1.807, 2.05) is 31.2 Å². The van der Waals surface area contributed by atoms with Crippen LogP contribution in [-0.4, -0.2) is 48.9 Å². The third-order valence-electron chi connectivity index (χ3n) is 7.87. The average Bonchev–Trinajstić information content (AvgIpc) is 3.55. The molecule has 0 radical (unpaired) electrons. The maximum atomic E-state index is 13.8. The molecular weight excluding hydrogens is 505 g/mol. The first kappa shape index (κ1) is 26.4. The molecule has 5 rings (SSSR count). The van der Waals surface area contributed by atoms with Crippen LogP contribution in [-0.2, 0) is 27.2 Å². The van der Waals surface area contributed by atoms with Crippen molar-refractivity contribution in [1.29, 1.82) is 0 Å². The standard InChI is InChI=1S/C28H32N3O6P/c1-17-5-3-6-19(11-17)14-29-28(34)26-12-20-7-4-8-24(20)31(26)27(33)16-30-15-23(18(2)32)22-10-9-21(13-25(22)30)38(35,36)37/h3,5-6,9-11,13,15,20,24,26H,4,7-8,12,14,16H2,1-2H3,(H,29,34)(H2,35,36,37)/t20-,24-,26+/m1/s1. The Morgan fingerprint density at radius 1 is 1.11 bits per heavy atom. The minimum Gasteiger partial charge on any atom is -0.350 e. The zero-order chi connectivity index (χ0) is 27.2. The van der Waals surface area contributed by atoms with Crippen molar-refractivity contribution in [3.05, 3.63) is 65.4 Å². The first-order chi connectivity index (χ1) is 18.0. The first-order valence-electron chi connectivity index (χ1n) is 12.9. The molecule has 0 bridgehead atoms. The van der Waals surface area contributed by atoms with E-state index in [4.69, 9.17) is 0 Å². The molecule has 2 amide bonds. The van der Waals surface area contributed by atoms with Crippen LogP contribution < -0.4 is 10.6 Å². The number of ketones is 1. The number of hydrogen-bond donors (Lipinski definition) is 3. The minimum atomic E-state index is -4.53. The van der Waals surface area contributed by atoms with Gasteiger partial charge in [-0.25, -0.2) is 0 Å². The number of rotatable bonds is 7. The van der Waals surface area contributed by atoms with Crippen molar-refractivity contribution in [3.63, 3.8) is 0 Å². The van der Waals surface area contributed by atoms with Gasteiger partial charge in [-0.15, -0.1) is 0 Å². The van der Waals surface area contributed by atoms with Gasteiger partial charge in [-0.1, -0.05) is 42.3 Å². The Morgan fingerprint density at radius 2 is 1.89 bits per heavy atom. The number of Topliss-reactive ketones (excluding diaryl/α,β-unsaturated/α-hetero) is 1. The number of amides is 2. The van der Waals surface area contributed by atoms with Gasteiger partial charge in [0.25, 0.3) is 0 Å². The lowest BCUT2D eigenvalue weighted by atomic mass is 10.0. The summed E-state index contributed by atoms with van der Waals surface area (Å²) in [6.07, 6.45) is 4.99. The monoisotopic (exact) mass is 537 g/mol. The Bertz CT molecular complexity index is 1470. The maximum absolute atomic E-state index is 13.8. The number of hydrogen-bond acceptors (Lipinski definition) is 4. The third kappa shape index (κ3) is 5.06. The highest BCUT2D eigenvalue weighted by Crippen LogP contribution is 2.42. The summed E-state index contributed by atoms with van der Waals surface area (Å²) in [6, 6.07) is 11.5. The molecule has 1 aromatic heterocycles. The molecule has 1 aliphatic carbocycles. The van der Waals surface area contributed by atoms with E-state index in [9.17, 15) is 28.7 Å². The van der Waals surface area contributed by atoms with Gasteiger partial charge in [-0.2, -0.15) is 0 Å². The van der Waals surface area contributed by atoms with E-state index in [1.54, 1.807) is 15.7 Å². The normalized spacial score (nSPS) is 21.1. The predicted octanol–water partition coefficient (Wildman–Crippen LogP) is 3.04. The number of likely N-dealkylation sites (tertiary alicyclic amines) is 1. The number of fused-ring (bicyclic) bond motifs is 2. The zero-order valence-corrected chi connectivity index (χ0v) is 22.4. The first-order valence-corrected chi connectivity index (χ1v) is 14.5. The van der Waals surface area contributed by atoms with Crippen molar-refractivity contribution in [2.75, 3.05) is 0 Å². The summed E-state index contributed by atoms with van der Waals surface area (Å²) >= 11 is 0. The average molecular weight is 538 g/mol. The second-order valence-electron chi connectivity index (χ2n) is 10.5. The molecule has 10 heteroatoms. The number of aromatic nitrogens is 1. The summed E-state index contributed by atoms with van der Waals surface area (Å²) in [5.74, 6) is -0.372. The summed E-state index contributed by atoms with van der Waals surface area (Å²) in [4.78, 5) is 60.4. The van der Waals surface area contributed by atoms with Crippen LogP contribution in [0.4, 0.5) is 0 Å². The lowest BCUT2D eigenvalue weighted by Crippen LogP contribution is -2.49. The summed E-state index contributed by atoms with van der Waals surface area (Å²) in [5, 5.41) is 3.35. The van der Waals surface area contributed by atoms with Gasteiger partial charge in [-0.05, 0) is 56.7 Å². The van der Waals surface area contributed by atoms with Crippen LogP contribution in [0.25, 0.3) is 10.9 Å². The van der Waals surface area contributed by atoms with Crippen LogP contribution in [0.2, 0.25) is 0 Å². The number of benzene rings is 2. The Kier molecular flexibility index (Phi) is 7.03. The number of carbonyl (C=O) groups excluding carboxylic acids is 3. The van der Waals surface area contributed by atoms with Gasteiger partial charge in [0, 0.05) is 29.7 Å². The molecule has 2 aliphatic rings. The Morgan fingerprint density at radius 3 is 2.61 bits per heavy atom. The third-order valence-corrected chi connectivity index (χ3v) is 8.82. The van der Waals surface area contributed by atoms with Gasteiger partial charge in [0.2, 0.25) is 11.8 Å². The Labute approximate surface area is 221 Å². The SMILES string of the molecule is CC(=O)c1cn(CC(=O)N2[C@@H]3CCC[C@@H]3C[C@H]2C(=O)NCc2cccc(C)c2)c2cc(P(=O)(O)O)ccc12. The van der Waals surface area contributed by atoms with Crippen molar-refractivity contribution in [1.82, 2.24) is 14.8 Å². The van der Waals surface area contributed by atoms with Crippen molar-refractivity contribution >= 4 is 41.4 Å². The summed E-state index contributed by atoms with van der Waals surface area (Å²) < 4.78 is 13.5. The zero-order valence-electron chi connectivity index (χ0n) is 21.5. The van der Waals surface area contributed by atoms with Crippen LogP contribution in [0.15, 0.2) is 48.7 Å². The number of aryl methyl sites for hydroxylation is 1. The molecule has 9 nitrogen and oxygen atoms in total. The van der Waals surface area contributed by atoms with E-state index in [2.05, 4.69) is 5.32 Å². The molecule has 1 aliphatic heterocycles. The Hall–Kier alpha value is -3.26. The van der Waals surface area contributed by atoms with Crippen molar-refractivity contribution in [3.8, 4) is 0 Å². The lowest BCUT2D eigenvalue weighted by molar-refractivity contribution is -0.141. The van der Waals surface area contributed by atoms with Crippen LogP contribution in [0, 0.1) is 12.8 Å². The molecule has 0 unspecified atom stereocenters. The smallest absolute Gasteiger partial charge is 0.350 e. The molecule has 200 valence electrons. The van der Waals surface area contributed by atoms with E-state index in [-0.39, 0.29) is 41.4 Å². The lowest BCUT2D eigenvalue weighted by Gasteiger charge is -2.29. The molecule has 38 heavy (non-hydrogen) atoms. The fraction of sp³-hybridized carbons (Fsp3) is 0.393. The topological polar surface area (TPSA) is 129 Å². The van der Waals surface area contributed by atoms with Gasteiger partial charge in [0.05, 0.1) is 10.8 Å². The van der Waals surface area contributed by atoms with E-state index in [0.29, 0.717) is 29.4 Å². The quantitative estimate of drug-likeness (QED) is 0.314. The van der Waals surface area contributed by atoms with E-state index in [0.717, 1.165) is 30.4 Å². The van der Waals surface area contributed by atoms with Crippen molar-refractivity contribution in [2.24, 2.45) is 5.92 Å². The minimum absolute atomic E-state index is 0.0167. The molecule has 3 atom stereocenters. The van der Waals surface area contributed by atoms with Crippen LogP contribution >= 0.6 is 7.60 Å². The second-order valence-corrected chi connectivity index (χ2v) is 12.1. The molecule has 2 aromatic carbocycles. The van der Waals surface area contributed by atoms with Gasteiger partial charge >= 0.3 is 7.60 Å². The van der Waals surface area contributed by atoms with E-state index in [1.165, 1.54) is 25.1 Å². The maximum Gasteiger partial charge on any atom is 0.356 e. The number of carbonyl (C=O) groups is 3. The number of nitrogens with one attached hydrogen (secondary N) is 1.